The van der Waals surface area contributed by atoms with Crippen molar-refractivity contribution in [1.29, 1.82) is 0 Å². The molecule has 0 saturated carbocycles. The minimum Gasteiger partial charge on any atom is -0.355 e. The second kappa shape index (κ2) is 4.68. The molecular formula is C9H16F2N2O. The van der Waals surface area contributed by atoms with Gasteiger partial charge in [0.2, 0.25) is 6.41 Å². The molecule has 1 unspecified atom stereocenters. The predicted octanol–water partition coefficient (Wildman–Crippen LogP) is 0.852. The van der Waals surface area contributed by atoms with Crippen LogP contribution in [0.25, 0.3) is 0 Å². The van der Waals surface area contributed by atoms with Crippen molar-refractivity contribution in [2.24, 2.45) is 0 Å². The van der Waals surface area contributed by atoms with E-state index in [-0.39, 0.29) is 19.0 Å². The Bertz CT molecular complexity index is 199. The number of halogens is 2. The van der Waals surface area contributed by atoms with E-state index >= 15 is 0 Å². The summed E-state index contributed by atoms with van der Waals surface area (Å²) >= 11 is 0. The summed E-state index contributed by atoms with van der Waals surface area (Å²) in [4.78, 5) is 11.8. The summed E-state index contributed by atoms with van der Waals surface area (Å²) in [5.41, 5.74) is 0. The lowest BCUT2D eigenvalue weighted by Gasteiger charge is -2.22. The highest BCUT2D eigenvalue weighted by molar-refractivity contribution is 5.46. The van der Waals surface area contributed by atoms with Gasteiger partial charge in [-0.15, -0.1) is 0 Å². The molecule has 1 N–H and O–H groups in total. The topological polar surface area (TPSA) is 32.3 Å². The zero-order valence-electron chi connectivity index (χ0n) is 8.30. The van der Waals surface area contributed by atoms with Crippen LogP contribution in [-0.4, -0.2) is 42.9 Å². The molecule has 0 bridgehead atoms. The molecule has 0 aliphatic carbocycles. The zero-order chi connectivity index (χ0) is 10.6. The van der Waals surface area contributed by atoms with E-state index in [2.05, 4.69) is 5.32 Å². The summed E-state index contributed by atoms with van der Waals surface area (Å²) in [7, 11) is 0. The maximum atomic E-state index is 13.0. The highest BCUT2D eigenvalue weighted by Crippen LogP contribution is 2.21. The Labute approximate surface area is 82.5 Å². The summed E-state index contributed by atoms with van der Waals surface area (Å²) in [5, 5.41) is 2.61. The Balaban J connectivity index is 2.32. The lowest BCUT2D eigenvalue weighted by molar-refractivity contribution is -0.110. The lowest BCUT2D eigenvalue weighted by Crippen LogP contribution is -2.37. The molecule has 3 nitrogen and oxygen atoms in total. The van der Waals surface area contributed by atoms with Crippen LogP contribution < -0.4 is 5.32 Å². The quantitative estimate of drug-likeness (QED) is 0.676. The van der Waals surface area contributed by atoms with Crippen LogP contribution in [0.2, 0.25) is 0 Å². The van der Waals surface area contributed by atoms with E-state index in [1.807, 2.05) is 0 Å². The van der Waals surface area contributed by atoms with E-state index in [0.29, 0.717) is 19.5 Å². The van der Waals surface area contributed by atoms with Crippen LogP contribution in [-0.2, 0) is 4.79 Å². The molecule has 14 heavy (non-hydrogen) atoms. The van der Waals surface area contributed by atoms with Gasteiger partial charge in [-0.05, 0) is 6.42 Å². The highest BCUT2D eigenvalue weighted by Gasteiger charge is 2.32. The number of amides is 1. The molecule has 1 saturated heterocycles. The zero-order valence-corrected chi connectivity index (χ0v) is 8.30. The second-order valence-corrected chi connectivity index (χ2v) is 3.71. The molecular weight excluding hydrogens is 190 g/mol. The van der Waals surface area contributed by atoms with Gasteiger partial charge in [-0.25, -0.2) is 8.78 Å². The van der Waals surface area contributed by atoms with Gasteiger partial charge in [0.25, 0.3) is 5.92 Å². The van der Waals surface area contributed by atoms with E-state index in [1.54, 1.807) is 4.90 Å². The van der Waals surface area contributed by atoms with Crippen LogP contribution >= 0.6 is 0 Å². The molecule has 0 aromatic heterocycles. The number of likely N-dealkylation sites (tertiary alicyclic amines) is 1. The van der Waals surface area contributed by atoms with Gasteiger partial charge in [-0.1, -0.05) is 6.92 Å². The maximum absolute atomic E-state index is 13.0. The first-order valence-electron chi connectivity index (χ1n) is 4.87. The molecule has 82 valence electrons. The molecule has 1 rings (SSSR count). The van der Waals surface area contributed by atoms with Gasteiger partial charge in [0.05, 0.1) is 6.54 Å². The van der Waals surface area contributed by atoms with Crippen molar-refractivity contribution in [3.63, 3.8) is 0 Å². The monoisotopic (exact) mass is 206 g/mol. The van der Waals surface area contributed by atoms with E-state index in [0.717, 1.165) is 6.42 Å². The summed E-state index contributed by atoms with van der Waals surface area (Å²) < 4.78 is 26.0. The predicted molar refractivity (Wildman–Crippen MR) is 49.3 cm³/mol. The van der Waals surface area contributed by atoms with E-state index in [1.165, 1.54) is 6.92 Å². The van der Waals surface area contributed by atoms with Gasteiger partial charge in [0.1, 0.15) is 0 Å². The fourth-order valence-corrected chi connectivity index (χ4v) is 1.65. The van der Waals surface area contributed by atoms with E-state index < -0.39 is 5.92 Å². The smallest absolute Gasteiger partial charge is 0.260 e. The van der Waals surface area contributed by atoms with Gasteiger partial charge in [-0.2, -0.15) is 0 Å². The third-order valence-electron chi connectivity index (χ3n) is 2.55. The van der Waals surface area contributed by atoms with Crippen LogP contribution in [0.4, 0.5) is 8.78 Å². The maximum Gasteiger partial charge on any atom is 0.260 e. The molecule has 1 fully saturated rings. The third kappa shape index (κ3) is 3.21. The molecule has 1 aliphatic heterocycles. The summed E-state index contributed by atoms with van der Waals surface area (Å²) in [6.07, 6.45) is 1.26. The Kier molecular flexibility index (Phi) is 3.80. The summed E-state index contributed by atoms with van der Waals surface area (Å²) in [6, 6.07) is 0.0418. The van der Waals surface area contributed by atoms with Crippen molar-refractivity contribution >= 4 is 6.41 Å². The van der Waals surface area contributed by atoms with Crippen molar-refractivity contribution in [1.82, 2.24) is 10.2 Å². The van der Waals surface area contributed by atoms with Crippen LogP contribution in [0.1, 0.15) is 19.8 Å². The first-order valence-corrected chi connectivity index (χ1v) is 4.87. The summed E-state index contributed by atoms with van der Waals surface area (Å²) in [6.45, 7) is 2.47. The first kappa shape index (κ1) is 11.4. The normalized spacial score (nSPS) is 23.8. The van der Waals surface area contributed by atoms with Crippen molar-refractivity contribution in [2.45, 2.75) is 31.7 Å². The Hall–Kier alpha value is -0.710. The number of nitrogens with one attached hydrogen (secondary N) is 1. The van der Waals surface area contributed by atoms with Crippen molar-refractivity contribution < 1.29 is 13.6 Å². The molecule has 1 aliphatic rings. The van der Waals surface area contributed by atoms with Crippen molar-refractivity contribution in [2.75, 3.05) is 19.6 Å². The largest absolute Gasteiger partial charge is 0.355 e. The standard InChI is InChI=1S/C9H16F2N2O/c1-2-9(10,11)6-13-4-3-8(5-13)12-7-14/h7-8H,2-6H2,1H3,(H,12,14). The van der Waals surface area contributed by atoms with Gasteiger partial charge in [-0.3, -0.25) is 9.69 Å². The van der Waals surface area contributed by atoms with Crippen molar-refractivity contribution in [3.8, 4) is 0 Å². The first-order chi connectivity index (χ1) is 6.57. The van der Waals surface area contributed by atoms with Crippen LogP contribution in [0.5, 0.6) is 0 Å². The van der Waals surface area contributed by atoms with Crippen molar-refractivity contribution in [3.05, 3.63) is 0 Å². The van der Waals surface area contributed by atoms with Gasteiger partial charge in [0.15, 0.2) is 0 Å². The minimum atomic E-state index is -2.60. The van der Waals surface area contributed by atoms with Gasteiger partial charge >= 0.3 is 0 Å². The number of carbonyl (C=O) groups excluding carboxylic acids is 1. The highest BCUT2D eigenvalue weighted by atomic mass is 19.3. The number of alkyl halides is 2. The van der Waals surface area contributed by atoms with Gasteiger partial charge < -0.3 is 5.32 Å². The molecule has 0 aromatic rings. The van der Waals surface area contributed by atoms with Gasteiger partial charge in [0, 0.05) is 25.6 Å². The molecule has 1 amide bonds. The minimum absolute atomic E-state index is 0.0418. The number of nitrogens with zero attached hydrogens (tertiary/aromatic N) is 1. The van der Waals surface area contributed by atoms with Crippen LogP contribution in [0.3, 0.4) is 0 Å². The Morgan fingerprint density at radius 3 is 2.93 bits per heavy atom. The number of rotatable bonds is 5. The molecule has 5 heteroatoms. The Morgan fingerprint density at radius 1 is 1.64 bits per heavy atom. The van der Waals surface area contributed by atoms with Crippen LogP contribution in [0.15, 0.2) is 0 Å². The molecule has 1 heterocycles. The fourth-order valence-electron chi connectivity index (χ4n) is 1.65. The van der Waals surface area contributed by atoms with Crippen LogP contribution in [0, 0.1) is 0 Å². The SMILES string of the molecule is CCC(F)(F)CN1CCC(NC=O)C1. The average Bonchev–Trinajstić information content (AvgIpc) is 2.53. The number of hydrogen-bond acceptors (Lipinski definition) is 2. The third-order valence-corrected chi connectivity index (χ3v) is 2.55. The second-order valence-electron chi connectivity index (χ2n) is 3.71. The molecule has 0 radical (unpaired) electrons. The number of hydrogen-bond donors (Lipinski definition) is 1. The average molecular weight is 206 g/mol. The van der Waals surface area contributed by atoms with E-state index in [4.69, 9.17) is 0 Å². The summed E-state index contributed by atoms with van der Waals surface area (Å²) in [5.74, 6) is -2.60. The molecule has 1 atom stereocenters. The number of carbonyl (C=O) groups is 1. The lowest BCUT2D eigenvalue weighted by atomic mass is 10.2. The van der Waals surface area contributed by atoms with E-state index in [9.17, 15) is 13.6 Å². The molecule has 0 aromatic carbocycles. The fraction of sp³-hybridized carbons (Fsp3) is 0.889. The Morgan fingerprint density at radius 2 is 2.36 bits per heavy atom. The molecule has 0 spiro atoms.